The summed E-state index contributed by atoms with van der Waals surface area (Å²) in [6.45, 7) is 8.87. The van der Waals surface area contributed by atoms with Gasteiger partial charge in [-0.1, -0.05) is 0 Å². The highest BCUT2D eigenvalue weighted by Gasteiger charge is 2.15. The fraction of sp³-hybridized carbons (Fsp3) is 0.571. The largest absolute Gasteiger partial charge is 0.379 e. The van der Waals surface area contributed by atoms with Gasteiger partial charge >= 0.3 is 0 Å². The monoisotopic (exact) mass is 275 g/mol. The molecule has 1 atom stereocenters. The first-order valence-electron chi connectivity index (χ1n) is 7.10. The van der Waals surface area contributed by atoms with Gasteiger partial charge in [0.15, 0.2) is 5.82 Å². The van der Waals surface area contributed by atoms with Crippen molar-refractivity contribution in [3.63, 3.8) is 0 Å². The van der Waals surface area contributed by atoms with E-state index in [0.29, 0.717) is 6.04 Å². The van der Waals surface area contributed by atoms with E-state index >= 15 is 0 Å². The zero-order chi connectivity index (χ0) is 13.9. The molecule has 108 valence electrons. The van der Waals surface area contributed by atoms with Crippen molar-refractivity contribution in [3.05, 3.63) is 24.2 Å². The summed E-state index contributed by atoms with van der Waals surface area (Å²) in [6.07, 6.45) is 3.66. The number of ether oxygens (including phenoxy) is 1. The van der Waals surface area contributed by atoms with Crippen LogP contribution in [-0.2, 0) is 4.74 Å². The Balaban J connectivity index is 1.68. The second-order valence-corrected chi connectivity index (χ2v) is 5.35. The van der Waals surface area contributed by atoms with Crippen molar-refractivity contribution in [3.8, 4) is 0 Å². The number of nitrogens with zero attached hydrogens (tertiary/aromatic N) is 4. The maximum Gasteiger partial charge on any atom is 0.152 e. The van der Waals surface area contributed by atoms with Crippen molar-refractivity contribution in [2.24, 2.45) is 0 Å². The molecule has 1 unspecified atom stereocenters. The van der Waals surface area contributed by atoms with Gasteiger partial charge in [0.25, 0.3) is 0 Å². The van der Waals surface area contributed by atoms with Crippen LogP contribution < -0.4 is 5.32 Å². The van der Waals surface area contributed by atoms with Crippen LogP contribution in [0.3, 0.4) is 0 Å². The summed E-state index contributed by atoms with van der Waals surface area (Å²) in [5, 5.41) is 7.90. The van der Waals surface area contributed by atoms with Crippen molar-refractivity contribution in [2.75, 3.05) is 38.2 Å². The highest BCUT2D eigenvalue weighted by molar-refractivity contribution is 5.67. The molecular formula is C14H21N5O. The Morgan fingerprint density at radius 1 is 1.40 bits per heavy atom. The smallest absolute Gasteiger partial charge is 0.152 e. The Bertz CT molecular complexity index is 576. The fourth-order valence-corrected chi connectivity index (χ4v) is 2.61. The average Bonchev–Trinajstić information content (AvgIpc) is 2.81. The Labute approximate surface area is 118 Å². The van der Waals surface area contributed by atoms with Gasteiger partial charge in [-0.05, 0) is 19.9 Å². The standard InChI is InChI=1S/C14H21N5O/c1-11-9-13-14(15-3-4-19(13)17-11)16-12(2)10-18-5-7-20-8-6-18/h3-4,9,12H,5-8,10H2,1-2H3,(H,15,16). The molecule has 6 heteroatoms. The van der Waals surface area contributed by atoms with E-state index < -0.39 is 0 Å². The third-order valence-corrected chi connectivity index (χ3v) is 3.53. The van der Waals surface area contributed by atoms with Crippen LogP contribution >= 0.6 is 0 Å². The number of morpholine rings is 1. The van der Waals surface area contributed by atoms with E-state index in [-0.39, 0.29) is 0 Å². The van der Waals surface area contributed by atoms with Crippen molar-refractivity contribution in [2.45, 2.75) is 19.9 Å². The Hall–Kier alpha value is -1.66. The molecule has 0 spiro atoms. The maximum absolute atomic E-state index is 5.37. The van der Waals surface area contributed by atoms with E-state index in [2.05, 4.69) is 33.3 Å². The average molecular weight is 275 g/mol. The van der Waals surface area contributed by atoms with E-state index in [9.17, 15) is 0 Å². The molecule has 0 radical (unpaired) electrons. The summed E-state index contributed by atoms with van der Waals surface area (Å²) >= 11 is 0. The number of anilines is 1. The molecule has 1 saturated heterocycles. The van der Waals surface area contributed by atoms with Crippen LogP contribution in [0.4, 0.5) is 5.82 Å². The summed E-state index contributed by atoms with van der Waals surface area (Å²) in [5.74, 6) is 0.897. The molecule has 0 aliphatic carbocycles. The summed E-state index contributed by atoms with van der Waals surface area (Å²) in [6, 6.07) is 2.39. The lowest BCUT2D eigenvalue weighted by atomic mass is 10.2. The first-order valence-corrected chi connectivity index (χ1v) is 7.10. The van der Waals surface area contributed by atoms with Gasteiger partial charge < -0.3 is 10.1 Å². The topological polar surface area (TPSA) is 54.7 Å². The number of hydrogen-bond donors (Lipinski definition) is 1. The van der Waals surface area contributed by atoms with E-state index in [4.69, 9.17) is 4.74 Å². The first kappa shape index (κ1) is 13.3. The molecule has 2 aromatic heterocycles. The normalized spacial score (nSPS) is 18.3. The Morgan fingerprint density at radius 3 is 3.00 bits per heavy atom. The lowest BCUT2D eigenvalue weighted by Crippen LogP contribution is -2.42. The van der Waals surface area contributed by atoms with Crippen LogP contribution in [0.2, 0.25) is 0 Å². The summed E-state index contributed by atoms with van der Waals surface area (Å²) in [5.41, 5.74) is 2.03. The predicted octanol–water partition coefficient (Wildman–Crippen LogP) is 1.17. The zero-order valence-corrected chi connectivity index (χ0v) is 12.0. The third-order valence-electron chi connectivity index (χ3n) is 3.53. The van der Waals surface area contributed by atoms with Crippen molar-refractivity contribution in [1.82, 2.24) is 19.5 Å². The molecular weight excluding hydrogens is 254 g/mol. The van der Waals surface area contributed by atoms with Crippen LogP contribution in [0.1, 0.15) is 12.6 Å². The highest BCUT2D eigenvalue weighted by atomic mass is 16.5. The Kier molecular flexibility index (Phi) is 3.84. The van der Waals surface area contributed by atoms with Crippen LogP contribution in [0.25, 0.3) is 5.52 Å². The molecule has 1 fully saturated rings. The van der Waals surface area contributed by atoms with E-state index in [0.717, 1.165) is 49.9 Å². The third kappa shape index (κ3) is 2.91. The molecule has 1 aliphatic heterocycles. The summed E-state index contributed by atoms with van der Waals surface area (Å²) in [7, 11) is 0. The maximum atomic E-state index is 5.37. The lowest BCUT2D eigenvalue weighted by molar-refractivity contribution is 0.0368. The number of aromatic nitrogens is 3. The summed E-state index contributed by atoms with van der Waals surface area (Å²) < 4.78 is 7.24. The van der Waals surface area contributed by atoms with E-state index in [1.165, 1.54) is 0 Å². The fourth-order valence-electron chi connectivity index (χ4n) is 2.61. The van der Waals surface area contributed by atoms with Crippen molar-refractivity contribution >= 4 is 11.3 Å². The Morgan fingerprint density at radius 2 is 2.20 bits per heavy atom. The van der Waals surface area contributed by atoms with Gasteiger partial charge in [-0.2, -0.15) is 5.10 Å². The molecule has 3 rings (SSSR count). The molecule has 0 aromatic carbocycles. The van der Waals surface area contributed by atoms with Crippen LogP contribution in [0.15, 0.2) is 18.5 Å². The second-order valence-electron chi connectivity index (χ2n) is 5.35. The molecule has 6 nitrogen and oxygen atoms in total. The van der Waals surface area contributed by atoms with Gasteiger partial charge in [-0.3, -0.25) is 4.90 Å². The lowest BCUT2D eigenvalue weighted by Gasteiger charge is -2.29. The van der Waals surface area contributed by atoms with Gasteiger partial charge in [0.05, 0.1) is 18.9 Å². The van der Waals surface area contributed by atoms with Crippen molar-refractivity contribution < 1.29 is 4.74 Å². The van der Waals surface area contributed by atoms with E-state index in [1.54, 1.807) is 6.20 Å². The molecule has 1 N–H and O–H groups in total. The molecule has 0 amide bonds. The second kappa shape index (κ2) is 5.76. The predicted molar refractivity (Wildman–Crippen MR) is 78.1 cm³/mol. The van der Waals surface area contributed by atoms with Gasteiger partial charge in [-0.25, -0.2) is 9.50 Å². The SMILES string of the molecule is Cc1cc2c(NC(C)CN3CCOCC3)nccn2n1. The minimum absolute atomic E-state index is 0.335. The molecule has 0 bridgehead atoms. The number of fused-ring (bicyclic) bond motifs is 1. The van der Waals surface area contributed by atoms with Gasteiger partial charge in [0.2, 0.25) is 0 Å². The van der Waals surface area contributed by atoms with Gasteiger partial charge in [-0.15, -0.1) is 0 Å². The molecule has 20 heavy (non-hydrogen) atoms. The molecule has 3 heterocycles. The first-order chi connectivity index (χ1) is 9.72. The van der Waals surface area contributed by atoms with Crippen LogP contribution in [0, 0.1) is 6.92 Å². The van der Waals surface area contributed by atoms with Gasteiger partial charge in [0, 0.05) is 38.1 Å². The summed E-state index contributed by atoms with van der Waals surface area (Å²) in [4.78, 5) is 6.86. The number of aryl methyl sites for hydroxylation is 1. The number of hydrogen-bond acceptors (Lipinski definition) is 5. The molecule has 2 aromatic rings. The van der Waals surface area contributed by atoms with Crippen LogP contribution in [-0.4, -0.2) is 58.4 Å². The van der Waals surface area contributed by atoms with Crippen LogP contribution in [0.5, 0.6) is 0 Å². The van der Waals surface area contributed by atoms with Gasteiger partial charge in [0.1, 0.15) is 5.52 Å². The van der Waals surface area contributed by atoms with E-state index in [1.807, 2.05) is 17.6 Å². The van der Waals surface area contributed by atoms with Crippen molar-refractivity contribution in [1.29, 1.82) is 0 Å². The minimum Gasteiger partial charge on any atom is -0.379 e. The minimum atomic E-state index is 0.335. The molecule has 0 saturated carbocycles. The number of nitrogens with one attached hydrogen (secondary N) is 1. The number of rotatable bonds is 4. The molecule has 1 aliphatic rings. The highest BCUT2D eigenvalue weighted by Crippen LogP contribution is 2.15. The zero-order valence-electron chi connectivity index (χ0n) is 12.0. The quantitative estimate of drug-likeness (QED) is 0.908.